The number of hydrogen-bond acceptors (Lipinski definition) is 5. The molecule has 0 radical (unpaired) electrons. The van der Waals surface area contributed by atoms with E-state index in [4.69, 9.17) is 10.7 Å². The summed E-state index contributed by atoms with van der Waals surface area (Å²) in [6, 6.07) is 0. The lowest BCUT2D eigenvalue weighted by Crippen LogP contribution is -2.07. The first-order chi connectivity index (χ1) is 8.29. The smallest absolute Gasteiger partial charge is 0.280 e. The van der Waals surface area contributed by atoms with Gasteiger partial charge in [-0.1, -0.05) is 0 Å². The van der Waals surface area contributed by atoms with E-state index in [2.05, 4.69) is 15.2 Å². The van der Waals surface area contributed by atoms with Gasteiger partial charge in [-0.05, 0) is 13.8 Å². The molecule has 98 valence electrons. The van der Waals surface area contributed by atoms with Crippen molar-refractivity contribution in [2.45, 2.75) is 25.4 Å². The largest absolute Gasteiger partial charge is 0.326 e. The Morgan fingerprint density at radius 3 is 2.39 bits per heavy atom. The lowest BCUT2D eigenvalue weighted by atomic mass is 10.5. The predicted molar refractivity (Wildman–Crippen MR) is 64.8 cm³/mol. The summed E-state index contributed by atoms with van der Waals surface area (Å²) >= 11 is 0. The van der Waals surface area contributed by atoms with Gasteiger partial charge in [-0.2, -0.15) is 0 Å². The molecule has 0 aliphatic carbocycles. The summed E-state index contributed by atoms with van der Waals surface area (Å²) in [5.74, 6) is 2.05. The molecule has 18 heavy (non-hydrogen) atoms. The van der Waals surface area contributed by atoms with E-state index >= 15 is 0 Å². The SMILES string of the molecule is Cc1nc(S(=O)(=O)Cl)cn1Cc1nnc(C)n1C. The van der Waals surface area contributed by atoms with Gasteiger partial charge >= 0.3 is 0 Å². The Morgan fingerprint density at radius 2 is 1.94 bits per heavy atom. The minimum Gasteiger partial charge on any atom is -0.326 e. The van der Waals surface area contributed by atoms with E-state index in [1.54, 1.807) is 11.5 Å². The van der Waals surface area contributed by atoms with Gasteiger partial charge < -0.3 is 9.13 Å². The van der Waals surface area contributed by atoms with Crippen LogP contribution >= 0.6 is 10.7 Å². The molecular weight excluding hydrogens is 278 g/mol. The number of halogens is 1. The van der Waals surface area contributed by atoms with E-state index in [9.17, 15) is 8.42 Å². The van der Waals surface area contributed by atoms with E-state index in [0.717, 1.165) is 5.82 Å². The Bertz CT molecular complexity index is 688. The van der Waals surface area contributed by atoms with Gasteiger partial charge in [0.25, 0.3) is 9.05 Å². The number of rotatable bonds is 3. The second kappa shape index (κ2) is 4.36. The molecule has 0 fully saturated rings. The molecule has 2 aromatic rings. The Morgan fingerprint density at radius 1 is 1.28 bits per heavy atom. The summed E-state index contributed by atoms with van der Waals surface area (Å²) in [4.78, 5) is 3.90. The molecule has 0 aliphatic rings. The fourth-order valence-corrected chi connectivity index (χ4v) is 2.22. The molecule has 0 saturated carbocycles. The normalized spacial score (nSPS) is 12.0. The minimum atomic E-state index is -3.80. The average molecular weight is 290 g/mol. The molecule has 0 amide bonds. The van der Waals surface area contributed by atoms with Crippen LogP contribution < -0.4 is 0 Å². The highest BCUT2D eigenvalue weighted by molar-refractivity contribution is 8.13. The average Bonchev–Trinajstić information content (AvgIpc) is 2.77. The van der Waals surface area contributed by atoms with Gasteiger partial charge in [-0.15, -0.1) is 10.2 Å². The maximum absolute atomic E-state index is 11.2. The quantitative estimate of drug-likeness (QED) is 0.773. The van der Waals surface area contributed by atoms with Gasteiger partial charge in [-0.3, -0.25) is 0 Å². The summed E-state index contributed by atoms with van der Waals surface area (Å²) in [5, 5.41) is 7.79. The van der Waals surface area contributed by atoms with Gasteiger partial charge in [0.15, 0.2) is 10.9 Å². The molecule has 0 bridgehead atoms. The van der Waals surface area contributed by atoms with E-state index < -0.39 is 9.05 Å². The summed E-state index contributed by atoms with van der Waals surface area (Å²) in [5.41, 5.74) is 0. The van der Waals surface area contributed by atoms with Crippen LogP contribution in [-0.2, 0) is 22.6 Å². The zero-order valence-corrected chi connectivity index (χ0v) is 11.7. The molecule has 9 heteroatoms. The summed E-state index contributed by atoms with van der Waals surface area (Å²) in [7, 11) is 3.28. The van der Waals surface area contributed by atoms with Crippen LogP contribution in [0.2, 0.25) is 0 Å². The molecular formula is C9H12ClN5O2S. The zero-order valence-electron chi connectivity index (χ0n) is 10.1. The van der Waals surface area contributed by atoms with Crippen molar-refractivity contribution >= 4 is 19.7 Å². The number of imidazole rings is 1. The first-order valence-corrected chi connectivity index (χ1v) is 7.43. The van der Waals surface area contributed by atoms with Crippen molar-refractivity contribution in [2.24, 2.45) is 7.05 Å². The van der Waals surface area contributed by atoms with Crippen molar-refractivity contribution in [1.29, 1.82) is 0 Å². The standard InChI is InChI=1S/C9H12ClN5O2S/c1-6-11-9(18(10,16)17)5-15(6)4-8-13-12-7(2)14(8)3/h5H,4H2,1-3H3. The summed E-state index contributed by atoms with van der Waals surface area (Å²) in [6.45, 7) is 3.93. The molecule has 2 heterocycles. The highest BCUT2D eigenvalue weighted by Gasteiger charge is 2.17. The number of aromatic nitrogens is 5. The predicted octanol–water partition coefficient (Wildman–Crippen LogP) is 0.604. The Hall–Kier alpha value is -1.41. The summed E-state index contributed by atoms with van der Waals surface area (Å²) in [6.07, 6.45) is 1.39. The highest BCUT2D eigenvalue weighted by Crippen LogP contribution is 2.15. The van der Waals surface area contributed by atoms with Crippen molar-refractivity contribution in [3.63, 3.8) is 0 Å². The van der Waals surface area contributed by atoms with Crippen LogP contribution in [0.3, 0.4) is 0 Å². The lowest BCUT2D eigenvalue weighted by Gasteiger charge is -2.04. The van der Waals surface area contributed by atoms with Gasteiger partial charge in [0.05, 0.1) is 6.54 Å². The topological polar surface area (TPSA) is 82.7 Å². The van der Waals surface area contributed by atoms with Crippen molar-refractivity contribution in [3.05, 3.63) is 23.7 Å². The maximum Gasteiger partial charge on any atom is 0.280 e. The third-order valence-corrected chi connectivity index (χ3v) is 3.87. The lowest BCUT2D eigenvalue weighted by molar-refractivity contribution is 0.606. The molecule has 2 aromatic heterocycles. The minimum absolute atomic E-state index is 0.152. The monoisotopic (exact) mass is 289 g/mol. The number of aryl methyl sites for hydroxylation is 2. The first kappa shape index (κ1) is 13.0. The summed E-state index contributed by atoms with van der Waals surface area (Å²) < 4.78 is 25.8. The Labute approximate surface area is 109 Å². The van der Waals surface area contributed by atoms with E-state index in [0.29, 0.717) is 18.2 Å². The van der Waals surface area contributed by atoms with Crippen LogP contribution in [0.4, 0.5) is 0 Å². The van der Waals surface area contributed by atoms with Gasteiger partial charge in [-0.25, -0.2) is 13.4 Å². The first-order valence-electron chi connectivity index (χ1n) is 5.12. The fraction of sp³-hybridized carbons (Fsp3) is 0.444. The van der Waals surface area contributed by atoms with Crippen molar-refractivity contribution in [2.75, 3.05) is 0 Å². The van der Waals surface area contributed by atoms with Crippen LogP contribution in [0.1, 0.15) is 17.5 Å². The van der Waals surface area contributed by atoms with E-state index in [-0.39, 0.29) is 5.03 Å². The van der Waals surface area contributed by atoms with E-state index in [1.165, 1.54) is 6.20 Å². The van der Waals surface area contributed by atoms with E-state index in [1.807, 2.05) is 18.5 Å². The van der Waals surface area contributed by atoms with Crippen molar-refractivity contribution in [3.8, 4) is 0 Å². The molecule has 2 rings (SSSR count). The molecule has 0 unspecified atom stereocenters. The molecule has 0 spiro atoms. The van der Waals surface area contributed by atoms with Crippen molar-refractivity contribution < 1.29 is 8.42 Å². The Balaban J connectivity index is 2.36. The number of hydrogen-bond donors (Lipinski definition) is 0. The van der Waals surface area contributed by atoms with Crippen LogP contribution in [0.15, 0.2) is 11.2 Å². The third-order valence-electron chi connectivity index (χ3n) is 2.70. The highest BCUT2D eigenvalue weighted by atomic mass is 35.7. The second-order valence-electron chi connectivity index (χ2n) is 3.91. The van der Waals surface area contributed by atoms with Gasteiger partial charge in [0, 0.05) is 23.9 Å². The maximum atomic E-state index is 11.2. The van der Waals surface area contributed by atoms with Crippen LogP contribution in [0.5, 0.6) is 0 Å². The van der Waals surface area contributed by atoms with Crippen molar-refractivity contribution in [1.82, 2.24) is 24.3 Å². The van der Waals surface area contributed by atoms with Crippen LogP contribution in [0.25, 0.3) is 0 Å². The molecule has 0 N–H and O–H groups in total. The van der Waals surface area contributed by atoms with Gasteiger partial charge in [0.1, 0.15) is 11.6 Å². The zero-order chi connectivity index (χ0) is 13.5. The third kappa shape index (κ3) is 2.39. The molecule has 7 nitrogen and oxygen atoms in total. The molecule has 0 atom stereocenters. The van der Waals surface area contributed by atoms with Crippen LogP contribution in [0, 0.1) is 13.8 Å². The number of nitrogens with zero attached hydrogens (tertiary/aromatic N) is 5. The van der Waals surface area contributed by atoms with Gasteiger partial charge in [0.2, 0.25) is 0 Å². The second-order valence-corrected chi connectivity index (χ2v) is 6.43. The molecule has 0 saturated heterocycles. The Kier molecular flexibility index (Phi) is 3.16. The fourth-order valence-electron chi connectivity index (χ4n) is 1.50. The molecule has 0 aliphatic heterocycles. The van der Waals surface area contributed by atoms with Crippen LogP contribution in [-0.4, -0.2) is 32.7 Å². The molecule has 0 aromatic carbocycles.